The second kappa shape index (κ2) is 7.55. The van der Waals surface area contributed by atoms with E-state index in [2.05, 4.69) is 16.2 Å². The van der Waals surface area contributed by atoms with Crippen LogP contribution in [0.4, 0.5) is 0 Å². The van der Waals surface area contributed by atoms with Gasteiger partial charge in [0, 0.05) is 13.1 Å². The molecule has 1 saturated heterocycles. The van der Waals surface area contributed by atoms with Crippen LogP contribution in [0.25, 0.3) is 0 Å². The molecule has 1 rings (SSSR count). The molecule has 0 aromatic rings. The highest BCUT2D eigenvalue weighted by atomic mass is 16.5. The summed E-state index contributed by atoms with van der Waals surface area (Å²) in [6.45, 7) is 6.80. The van der Waals surface area contributed by atoms with Gasteiger partial charge in [-0.05, 0) is 18.4 Å². The maximum absolute atomic E-state index is 11.5. The van der Waals surface area contributed by atoms with Gasteiger partial charge in [-0.25, -0.2) is 4.79 Å². The van der Waals surface area contributed by atoms with Gasteiger partial charge in [-0.1, -0.05) is 6.58 Å². The molecule has 1 fully saturated rings. The molecule has 0 spiro atoms. The van der Waals surface area contributed by atoms with E-state index in [0.29, 0.717) is 5.57 Å². The van der Waals surface area contributed by atoms with Gasteiger partial charge in [0.25, 0.3) is 0 Å². The second-order valence-electron chi connectivity index (χ2n) is 3.69. The molecule has 0 atom stereocenters. The molecular formula is C13H19NO4. The van der Waals surface area contributed by atoms with E-state index < -0.39 is 5.97 Å². The number of hydrogen-bond acceptors (Lipinski definition) is 5. The standard InChI is InChI=1S/C13H19NO4/c1-11(16-2)12(13(15)17-3)5-4-6-14-7-9-18-10-8-14/h4-6H,1,7-10H2,2-3H3/b6-4+,12-5-. The number of methoxy groups -OCH3 is 2. The Bertz CT molecular complexity index is 336. The average Bonchev–Trinajstić information content (AvgIpc) is 2.43. The van der Waals surface area contributed by atoms with E-state index >= 15 is 0 Å². The van der Waals surface area contributed by atoms with E-state index in [1.807, 2.05) is 6.20 Å². The quantitative estimate of drug-likeness (QED) is 0.318. The van der Waals surface area contributed by atoms with Crippen LogP contribution in [0.2, 0.25) is 0 Å². The third-order valence-corrected chi connectivity index (χ3v) is 2.56. The highest BCUT2D eigenvalue weighted by Crippen LogP contribution is 2.10. The summed E-state index contributed by atoms with van der Waals surface area (Å²) in [6, 6.07) is 0. The Morgan fingerprint density at radius 2 is 1.94 bits per heavy atom. The maximum atomic E-state index is 11.5. The van der Waals surface area contributed by atoms with Gasteiger partial charge < -0.3 is 19.1 Å². The molecular weight excluding hydrogens is 234 g/mol. The van der Waals surface area contributed by atoms with Gasteiger partial charge in [0.1, 0.15) is 11.3 Å². The third-order valence-electron chi connectivity index (χ3n) is 2.56. The van der Waals surface area contributed by atoms with Gasteiger partial charge in [-0.2, -0.15) is 0 Å². The first kappa shape index (κ1) is 14.3. The first-order valence-corrected chi connectivity index (χ1v) is 5.71. The lowest BCUT2D eigenvalue weighted by atomic mass is 10.2. The predicted molar refractivity (Wildman–Crippen MR) is 67.8 cm³/mol. The number of morpholine rings is 1. The predicted octanol–water partition coefficient (Wildman–Crippen LogP) is 1.09. The first-order valence-electron chi connectivity index (χ1n) is 5.71. The first-order chi connectivity index (χ1) is 8.69. The van der Waals surface area contributed by atoms with Crippen molar-refractivity contribution in [2.75, 3.05) is 40.5 Å². The van der Waals surface area contributed by atoms with Crippen LogP contribution in [0, 0.1) is 0 Å². The lowest BCUT2D eigenvalue weighted by Crippen LogP contribution is -2.31. The minimum Gasteiger partial charge on any atom is -0.496 e. The van der Waals surface area contributed by atoms with Crippen LogP contribution < -0.4 is 0 Å². The molecule has 5 nitrogen and oxygen atoms in total. The Balaban J connectivity index is 2.66. The van der Waals surface area contributed by atoms with E-state index in [4.69, 9.17) is 9.47 Å². The van der Waals surface area contributed by atoms with Gasteiger partial charge >= 0.3 is 5.97 Å². The normalized spacial score (nSPS) is 16.8. The summed E-state index contributed by atoms with van der Waals surface area (Å²) in [5.74, 6) is -0.179. The molecule has 0 aromatic carbocycles. The summed E-state index contributed by atoms with van der Waals surface area (Å²) < 4.78 is 14.8. The van der Waals surface area contributed by atoms with Gasteiger partial charge in [-0.3, -0.25) is 0 Å². The molecule has 0 bridgehead atoms. The zero-order valence-electron chi connectivity index (χ0n) is 10.8. The van der Waals surface area contributed by atoms with Crippen molar-refractivity contribution < 1.29 is 19.0 Å². The smallest absolute Gasteiger partial charge is 0.341 e. The summed E-state index contributed by atoms with van der Waals surface area (Å²) in [4.78, 5) is 13.6. The van der Waals surface area contributed by atoms with Crippen LogP contribution in [-0.2, 0) is 19.0 Å². The molecule has 0 unspecified atom stereocenters. The molecule has 18 heavy (non-hydrogen) atoms. The Morgan fingerprint density at radius 1 is 1.28 bits per heavy atom. The molecule has 5 heteroatoms. The number of rotatable bonds is 5. The van der Waals surface area contributed by atoms with Crippen LogP contribution >= 0.6 is 0 Å². The molecule has 100 valence electrons. The van der Waals surface area contributed by atoms with Gasteiger partial charge in [0.15, 0.2) is 0 Å². The minimum atomic E-state index is -0.464. The summed E-state index contributed by atoms with van der Waals surface area (Å²) in [6.07, 6.45) is 5.32. The van der Waals surface area contributed by atoms with Crippen LogP contribution in [-0.4, -0.2) is 51.4 Å². The number of nitrogens with zero attached hydrogens (tertiary/aromatic N) is 1. The fraction of sp³-hybridized carbons (Fsp3) is 0.462. The largest absolute Gasteiger partial charge is 0.496 e. The number of carbonyl (C=O) groups excluding carboxylic acids is 1. The van der Waals surface area contributed by atoms with E-state index in [0.717, 1.165) is 26.3 Å². The summed E-state index contributed by atoms with van der Waals surface area (Å²) in [5, 5.41) is 0. The fourth-order valence-electron chi connectivity index (χ4n) is 1.48. The lowest BCUT2D eigenvalue weighted by molar-refractivity contribution is -0.136. The van der Waals surface area contributed by atoms with Crippen molar-refractivity contribution >= 4 is 5.97 Å². The fourth-order valence-corrected chi connectivity index (χ4v) is 1.48. The molecule has 1 aliphatic heterocycles. The van der Waals surface area contributed by atoms with Crippen molar-refractivity contribution in [1.82, 2.24) is 4.90 Å². The number of allylic oxidation sites excluding steroid dienone is 2. The zero-order chi connectivity index (χ0) is 13.4. The minimum absolute atomic E-state index is 0.286. The molecule has 0 aromatic heterocycles. The van der Waals surface area contributed by atoms with Crippen molar-refractivity contribution in [2.45, 2.75) is 0 Å². The summed E-state index contributed by atoms with van der Waals surface area (Å²) in [7, 11) is 2.79. The highest BCUT2D eigenvalue weighted by molar-refractivity contribution is 5.92. The van der Waals surface area contributed by atoms with Crippen molar-refractivity contribution in [3.63, 3.8) is 0 Å². The van der Waals surface area contributed by atoms with Crippen LogP contribution in [0.15, 0.2) is 36.3 Å². The molecule has 0 radical (unpaired) electrons. The van der Waals surface area contributed by atoms with Crippen molar-refractivity contribution in [3.8, 4) is 0 Å². The van der Waals surface area contributed by atoms with Gasteiger partial charge in [-0.15, -0.1) is 0 Å². The third kappa shape index (κ3) is 4.25. The monoisotopic (exact) mass is 253 g/mol. The Hall–Kier alpha value is -1.75. The molecule has 0 aliphatic carbocycles. The van der Waals surface area contributed by atoms with E-state index in [1.165, 1.54) is 14.2 Å². The number of carbonyl (C=O) groups is 1. The molecule has 1 aliphatic rings. The molecule has 0 amide bonds. The van der Waals surface area contributed by atoms with E-state index in [9.17, 15) is 4.79 Å². The number of esters is 1. The molecule has 1 heterocycles. The second-order valence-corrected chi connectivity index (χ2v) is 3.69. The van der Waals surface area contributed by atoms with Crippen LogP contribution in [0.5, 0.6) is 0 Å². The molecule has 0 N–H and O–H groups in total. The highest BCUT2D eigenvalue weighted by Gasteiger charge is 2.13. The Labute approximate surface area is 107 Å². The number of ether oxygens (including phenoxy) is 3. The van der Waals surface area contributed by atoms with Gasteiger partial charge in [0.05, 0.1) is 27.4 Å². The zero-order valence-corrected chi connectivity index (χ0v) is 10.8. The summed E-state index contributed by atoms with van der Waals surface area (Å²) in [5.41, 5.74) is 0.310. The Kier molecular flexibility index (Phi) is 6.00. The van der Waals surface area contributed by atoms with Gasteiger partial charge in [0.2, 0.25) is 0 Å². The van der Waals surface area contributed by atoms with E-state index in [1.54, 1.807) is 12.2 Å². The lowest BCUT2D eigenvalue weighted by Gasteiger charge is -2.24. The van der Waals surface area contributed by atoms with Crippen LogP contribution in [0.3, 0.4) is 0 Å². The van der Waals surface area contributed by atoms with Crippen LogP contribution in [0.1, 0.15) is 0 Å². The van der Waals surface area contributed by atoms with E-state index in [-0.39, 0.29) is 5.76 Å². The van der Waals surface area contributed by atoms with Crippen molar-refractivity contribution in [2.24, 2.45) is 0 Å². The van der Waals surface area contributed by atoms with Crippen molar-refractivity contribution in [3.05, 3.63) is 36.3 Å². The topological polar surface area (TPSA) is 48.0 Å². The average molecular weight is 253 g/mol. The summed E-state index contributed by atoms with van der Waals surface area (Å²) >= 11 is 0. The maximum Gasteiger partial charge on any atom is 0.341 e. The molecule has 0 saturated carbocycles. The SMILES string of the molecule is C=C(OC)/C(=C/C=C/N1CCOCC1)C(=O)OC. The Morgan fingerprint density at radius 3 is 2.50 bits per heavy atom. The number of hydrogen-bond donors (Lipinski definition) is 0. The van der Waals surface area contributed by atoms with Crippen molar-refractivity contribution in [1.29, 1.82) is 0 Å².